The predicted molar refractivity (Wildman–Crippen MR) is 39.2 cm³/mol. The lowest BCUT2D eigenvalue weighted by atomic mass is 9.91. The third kappa shape index (κ3) is 1.08. The van der Waals surface area contributed by atoms with Gasteiger partial charge in [-0.1, -0.05) is 0 Å². The van der Waals surface area contributed by atoms with E-state index < -0.39 is 11.7 Å². The zero-order valence-electron chi connectivity index (χ0n) is 6.49. The van der Waals surface area contributed by atoms with Crippen LogP contribution in [0.2, 0.25) is 0 Å². The van der Waals surface area contributed by atoms with Gasteiger partial charge in [0, 0.05) is 6.61 Å². The highest BCUT2D eigenvalue weighted by Gasteiger charge is 2.48. The zero-order valence-corrected chi connectivity index (χ0v) is 6.49. The van der Waals surface area contributed by atoms with E-state index in [9.17, 15) is 10.2 Å². The third-order valence-electron chi connectivity index (χ3n) is 2.80. The Labute approximate surface area is 66.0 Å². The highest BCUT2D eigenvalue weighted by molar-refractivity contribution is 5.00. The maximum Gasteiger partial charge on any atom is 0.112 e. The van der Waals surface area contributed by atoms with Crippen LogP contribution in [0.25, 0.3) is 0 Å². The fourth-order valence-electron chi connectivity index (χ4n) is 2.17. The number of rotatable bonds is 0. The normalized spacial score (nSPS) is 50.7. The van der Waals surface area contributed by atoms with Crippen LogP contribution in [0.1, 0.15) is 25.7 Å². The van der Waals surface area contributed by atoms with Crippen molar-refractivity contribution >= 4 is 0 Å². The van der Waals surface area contributed by atoms with Gasteiger partial charge < -0.3 is 14.9 Å². The lowest BCUT2D eigenvalue weighted by Crippen LogP contribution is -2.47. The Bertz CT molecular complexity index is 155. The van der Waals surface area contributed by atoms with Crippen LogP contribution in [-0.4, -0.2) is 34.6 Å². The fraction of sp³-hybridized carbons (Fsp3) is 1.00. The Morgan fingerprint density at radius 3 is 2.91 bits per heavy atom. The molecule has 2 rings (SSSR count). The predicted octanol–water partition coefficient (Wildman–Crippen LogP) is 0.0512. The van der Waals surface area contributed by atoms with Crippen molar-refractivity contribution in [3.05, 3.63) is 0 Å². The second-order valence-electron chi connectivity index (χ2n) is 3.60. The lowest BCUT2D eigenvalue weighted by Gasteiger charge is -2.35. The summed E-state index contributed by atoms with van der Waals surface area (Å²) in [5.41, 5.74) is -0.711. The van der Waals surface area contributed by atoms with E-state index in [1.807, 2.05) is 0 Å². The van der Waals surface area contributed by atoms with Crippen molar-refractivity contribution in [2.45, 2.75) is 43.5 Å². The Morgan fingerprint density at radius 1 is 1.36 bits per heavy atom. The van der Waals surface area contributed by atoms with Gasteiger partial charge >= 0.3 is 0 Å². The van der Waals surface area contributed by atoms with Crippen LogP contribution in [0.3, 0.4) is 0 Å². The van der Waals surface area contributed by atoms with Crippen molar-refractivity contribution in [1.82, 2.24) is 0 Å². The van der Waals surface area contributed by atoms with Gasteiger partial charge in [-0.15, -0.1) is 0 Å². The Hall–Kier alpha value is -0.120. The van der Waals surface area contributed by atoms with Gasteiger partial charge in [0.25, 0.3) is 0 Å². The minimum atomic E-state index is -0.711. The standard InChI is InChI=1S/C8H14O3/c9-6-2-4-8(10)3-1-5-11-7(6)8/h6-7,9-10H,1-5H2/t6-,7-,8-/m0/s1. The van der Waals surface area contributed by atoms with Crippen LogP contribution in [0.5, 0.6) is 0 Å². The Kier molecular flexibility index (Phi) is 1.67. The van der Waals surface area contributed by atoms with Gasteiger partial charge in [-0.3, -0.25) is 0 Å². The molecule has 0 aromatic rings. The van der Waals surface area contributed by atoms with E-state index in [2.05, 4.69) is 0 Å². The molecule has 11 heavy (non-hydrogen) atoms. The molecule has 64 valence electrons. The molecule has 0 aromatic carbocycles. The summed E-state index contributed by atoms with van der Waals surface area (Å²) in [5, 5.41) is 19.3. The molecule has 1 saturated heterocycles. The van der Waals surface area contributed by atoms with E-state index in [-0.39, 0.29) is 6.10 Å². The average molecular weight is 158 g/mol. The van der Waals surface area contributed by atoms with Crippen LogP contribution in [0, 0.1) is 0 Å². The highest BCUT2D eigenvalue weighted by Crippen LogP contribution is 2.38. The topological polar surface area (TPSA) is 49.7 Å². The van der Waals surface area contributed by atoms with Gasteiger partial charge in [-0.2, -0.15) is 0 Å². The van der Waals surface area contributed by atoms with E-state index in [4.69, 9.17) is 4.74 Å². The molecule has 1 heterocycles. The average Bonchev–Trinajstić information content (AvgIpc) is 2.29. The third-order valence-corrected chi connectivity index (χ3v) is 2.80. The molecule has 1 aliphatic heterocycles. The van der Waals surface area contributed by atoms with Crippen LogP contribution in [0.15, 0.2) is 0 Å². The van der Waals surface area contributed by atoms with Gasteiger partial charge in [0.1, 0.15) is 6.10 Å². The molecule has 1 aliphatic carbocycles. The van der Waals surface area contributed by atoms with Gasteiger partial charge in [0.05, 0.1) is 11.7 Å². The molecule has 0 radical (unpaired) electrons. The van der Waals surface area contributed by atoms with Crippen LogP contribution < -0.4 is 0 Å². The van der Waals surface area contributed by atoms with Crippen LogP contribution >= 0.6 is 0 Å². The molecule has 2 N–H and O–H groups in total. The molecule has 1 saturated carbocycles. The first-order chi connectivity index (χ1) is 5.22. The summed E-state index contributed by atoms with van der Waals surface area (Å²) < 4.78 is 5.32. The number of hydrogen-bond donors (Lipinski definition) is 2. The molecule has 3 atom stereocenters. The minimum absolute atomic E-state index is 0.309. The molecule has 3 heteroatoms. The minimum Gasteiger partial charge on any atom is -0.390 e. The maximum atomic E-state index is 9.90. The summed E-state index contributed by atoms with van der Waals surface area (Å²) in [5.74, 6) is 0. The van der Waals surface area contributed by atoms with E-state index in [1.54, 1.807) is 0 Å². The Balaban J connectivity index is 2.14. The second-order valence-corrected chi connectivity index (χ2v) is 3.60. The van der Waals surface area contributed by atoms with Crippen molar-refractivity contribution in [3.8, 4) is 0 Å². The molecule has 0 aromatic heterocycles. The summed E-state index contributed by atoms with van der Waals surface area (Å²) in [4.78, 5) is 0. The van der Waals surface area contributed by atoms with Crippen molar-refractivity contribution in [1.29, 1.82) is 0 Å². The SMILES string of the molecule is O[C@H]1CC[C@@]2(O)CCCO[C@@H]12. The quantitative estimate of drug-likeness (QED) is 0.523. The van der Waals surface area contributed by atoms with Gasteiger partial charge in [0.15, 0.2) is 0 Å². The first kappa shape index (κ1) is 7.53. The molecule has 2 fully saturated rings. The monoisotopic (exact) mass is 158 g/mol. The first-order valence-electron chi connectivity index (χ1n) is 4.24. The van der Waals surface area contributed by atoms with E-state index in [1.165, 1.54) is 0 Å². The summed E-state index contributed by atoms with van der Waals surface area (Å²) in [7, 11) is 0. The second kappa shape index (κ2) is 2.44. The fourth-order valence-corrected chi connectivity index (χ4v) is 2.17. The summed E-state index contributed by atoms with van der Waals surface area (Å²) >= 11 is 0. The van der Waals surface area contributed by atoms with Gasteiger partial charge in [-0.05, 0) is 25.7 Å². The largest absolute Gasteiger partial charge is 0.390 e. The van der Waals surface area contributed by atoms with Crippen LogP contribution in [0.4, 0.5) is 0 Å². The highest BCUT2D eigenvalue weighted by atomic mass is 16.5. The number of aliphatic hydroxyl groups excluding tert-OH is 1. The number of fused-ring (bicyclic) bond motifs is 1. The zero-order chi connectivity index (χ0) is 7.90. The summed E-state index contributed by atoms with van der Waals surface area (Å²) in [6.07, 6.45) is 2.32. The smallest absolute Gasteiger partial charge is 0.112 e. The molecule has 2 aliphatic rings. The van der Waals surface area contributed by atoms with Crippen molar-refractivity contribution in [2.24, 2.45) is 0 Å². The van der Waals surface area contributed by atoms with Crippen molar-refractivity contribution < 1.29 is 14.9 Å². The Morgan fingerprint density at radius 2 is 2.18 bits per heavy atom. The van der Waals surface area contributed by atoms with Crippen molar-refractivity contribution in [3.63, 3.8) is 0 Å². The lowest BCUT2D eigenvalue weighted by molar-refractivity contribution is -0.152. The molecular formula is C8H14O3. The first-order valence-corrected chi connectivity index (χ1v) is 4.24. The number of hydrogen-bond acceptors (Lipinski definition) is 3. The van der Waals surface area contributed by atoms with E-state index >= 15 is 0 Å². The van der Waals surface area contributed by atoms with Crippen LogP contribution in [-0.2, 0) is 4.74 Å². The molecule has 0 spiro atoms. The number of ether oxygens (including phenoxy) is 1. The molecule has 0 amide bonds. The molecule has 3 nitrogen and oxygen atoms in total. The summed E-state index contributed by atoms with van der Waals surface area (Å²) in [6, 6.07) is 0. The van der Waals surface area contributed by atoms with Crippen molar-refractivity contribution in [2.75, 3.05) is 6.61 Å². The van der Waals surface area contributed by atoms with E-state index in [0.29, 0.717) is 19.4 Å². The van der Waals surface area contributed by atoms with Gasteiger partial charge in [0.2, 0.25) is 0 Å². The van der Waals surface area contributed by atoms with Gasteiger partial charge in [-0.25, -0.2) is 0 Å². The molecular weight excluding hydrogens is 144 g/mol. The molecule has 0 unspecified atom stereocenters. The number of aliphatic hydroxyl groups is 2. The summed E-state index contributed by atoms with van der Waals surface area (Å²) in [6.45, 7) is 0.685. The maximum absolute atomic E-state index is 9.90. The van der Waals surface area contributed by atoms with E-state index in [0.717, 1.165) is 12.8 Å². The molecule has 0 bridgehead atoms.